The van der Waals surface area contributed by atoms with Crippen LogP contribution in [0.25, 0.3) is 5.76 Å². The van der Waals surface area contributed by atoms with Crippen LogP contribution in [0.3, 0.4) is 0 Å². The third kappa shape index (κ3) is 7.96. The van der Waals surface area contributed by atoms with E-state index in [1.54, 1.807) is 0 Å². The van der Waals surface area contributed by atoms with Crippen molar-refractivity contribution in [3.63, 3.8) is 0 Å². The van der Waals surface area contributed by atoms with E-state index in [-0.39, 0.29) is 24.0 Å². The number of esters is 2. The normalized spacial score (nSPS) is 32.0. The summed E-state index contributed by atoms with van der Waals surface area (Å²) in [7, 11) is 0. The van der Waals surface area contributed by atoms with Gasteiger partial charge in [0.05, 0.1) is 0 Å². The van der Waals surface area contributed by atoms with E-state index in [9.17, 15) is 9.59 Å². The molecular weight excluding hydrogens is 584 g/mol. The number of ether oxygens (including phenoxy) is 3. The van der Waals surface area contributed by atoms with Gasteiger partial charge >= 0.3 is 11.9 Å². The van der Waals surface area contributed by atoms with Gasteiger partial charge in [0.1, 0.15) is 23.9 Å². The van der Waals surface area contributed by atoms with Crippen LogP contribution in [0.1, 0.15) is 97.1 Å². The Morgan fingerprint density at radius 3 is 1.82 bits per heavy atom. The molecule has 3 aliphatic rings. The Balaban J connectivity index is 1.54. The second-order valence-electron chi connectivity index (χ2n) is 14.6. The third-order valence-electron chi connectivity index (χ3n) is 10.6. The van der Waals surface area contributed by atoms with Crippen molar-refractivity contribution < 1.29 is 23.8 Å². The van der Waals surface area contributed by atoms with Crippen LogP contribution in [0.5, 0.6) is 0 Å². The molecule has 0 saturated heterocycles. The van der Waals surface area contributed by atoms with Crippen LogP contribution in [0.2, 0.25) is 5.02 Å². The summed E-state index contributed by atoms with van der Waals surface area (Å²) >= 11 is 6.29. The summed E-state index contributed by atoms with van der Waals surface area (Å²) in [5.74, 6) is 0.546. The van der Waals surface area contributed by atoms with Crippen LogP contribution in [-0.4, -0.2) is 30.3 Å². The minimum absolute atomic E-state index is 0.201. The molecule has 45 heavy (non-hydrogen) atoms. The molecule has 6 heteroatoms. The Kier molecular flexibility index (Phi) is 11.0. The van der Waals surface area contributed by atoms with Gasteiger partial charge in [-0.1, -0.05) is 108 Å². The lowest BCUT2D eigenvalue weighted by molar-refractivity contribution is -0.180. The third-order valence-corrected chi connectivity index (χ3v) is 10.8. The van der Waals surface area contributed by atoms with Gasteiger partial charge in [-0.15, -0.1) is 0 Å². The van der Waals surface area contributed by atoms with Crippen LogP contribution >= 0.6 is 11.6 Å². The first-order chi connectivity index (χ1) is 21.5. The first kappa shape index (κ1) is 33.6. The van der Waals surface area contributed by atoms with E-state index in [1.807, 2.05) is 60.7 Å². The Bertz CT molecular complexity index is 1320. The largest absolute Gasteiger partial charge is 0.477 e. The molecule has 9 atom stereocenters. The lowest BCUT2D eigenvalue weighted by atomic mass is 9.75. The van der Waals surface area contributed by atoms with Gasteiger partial charge in [0, 0.05) is 16.5 Å². The predicted octanol–water partition coefficient (Wildman–Crippen LogP) is 9.49. The number of rotatable bonds is 8. The maximum atomic E-state index is 14.5. The molecule has 1 aliphatic heterocycles. The fraction of sp³-hybridized carbons (Fsp3) is 0.590. The first-order valence-electron chi connectivity index (χ1n) is 17.1. The molecule has 2 aromatic rings. The Hall–Kier alpha value is -2.79. The molecule has 0 bridgehead atoms. The second kappa shape index (κ2) is 14.8. The average Bonchev–Trinajstić information content (AvgIpc) is 3.01. The molecule has 2 aliphatic carbocycles. The van der Waals surface area contributed by atoms with Crippen LogP contribution in [-0.2, 0) is 23.8 Å². The summed E-state index contributed by atoms with van der Waals surface area (Å²) in [6.07, 6.45) is 6.34. The fourth-order valence-electron chi connectivity index (χ4n) is 7.87. The number of allylic oxidation sites excluding steroid dienone is 1. The zero-order valence-electron chi connectivity index (χ0n) is 27.8. The highest BCUT2D eigenvalue weighted by molar-refractivity contribution is 6.30. The standard InChI is InChI=1S/C39H51ClO5/c1-23(2)30-18-12-25(5)20-34(30)44-38(41)36-32(27-14-16-29(40)17-15-27)22-33(28-10-8-7-9-11-28)43-37(36)39(42)45-35-21-26(6)13-19-31(35)24(3)4/h7-11,14-17,22-26,30-32,34-37H,12-13,18-21H2,1-6H3/t25-,26-,30+,31+,32+,34-,35-,36-,37+/m1/s1. The molecule has 0 spiro atoms. The van der Waals surface area contributed by atoms with Crippen molar-refractivity contribution in [3.05, 3.63) is 76.8 Å². The monoisotopic (exact) mass is 634 g/mol. The van der Waals surface area contributed by atoms with Crippen LogP contribution < -0.4 is 0 Å². The summed E-state index contributed by atoms with van der Waals surface area (Å²) in [5.41, 5.74) is 1.72. The number of hydrogen-bond donors (Lipinski definition) is 0. The maximum Gasteiger partial charge on any atom is 0.348 e. The van der Waals surface area contributed by atoms with Crippen molar-refractivity contribution in [2.45, 2.75) is 104 Å². The highest BCUT2D eigenvalue weighted by Crippen LogP contribution is 2.44. The van der Waals surface area contributed by atoms with Crippen LogP contribution in [0, 0.1) is 41.4 Å². The minimum atomic E-state index is -1.15. The second-order valence-corrected chi connectivity index (χ2v) is 15.1. The van der Waals surface area contributed by atoms with E-state index in [4.69, 9.17) is 25.8 Å². The molecule has 1 heterocycles. The molecule has 5 rings (SSSR count). The number of benzene rings is 2. The molecule has 0 N–H and O–H groups in total. The number of carbonyl (C=O) groups excluding carboxylic acids is 2. The molecule has 0 aromatic heterocycles. The van der Waals surface area contributed by atoms with Crippen molar-refractivity contribution in [2.24, 2.45) is 41.4 Å². The van der Waals surface area contributed by atoms with Crippen LogP contribution in [0.4, 0.5) is 0 Å². The fourth-order valence-corrected chi connectivity index (χ4v) is 8.00. The van der Waals surface area contributed by atoms with Crippen molar-refractivity contribution in [1.29, 1.82) is 0 Å². The topological polar surface area (TPSA) is 61.8 Å². The van der Waals surface area contributed by atoms with Gasteiger partial charge in [-0.25, -0.2) is 4.79 Å². The van der Waals surface area contributed by atoms with Gasteiger partial charge < -0.3 is 14.2 Å². The van der Waals surface area contributed by atoms with Gasteiger partial charge in [-0.05, 0) is 85.0 Å². The summed E-state index contributed by atoms with van der Waals surface area (Å²) < 4.78 is 19.4. The number of halogens is 1. The van der Waals surface area contributed by atoms with E-state index >= 15 is 0 Å². The van der Waals surface area contributed by atoms with Gasteiger partial charge in [-0.2, -0.15) is 0 Å². The Morgan fingerprint density at radius 1 is 0.756 bits per heavy atom. The molecule has 0 unspecified atom stereocenters. The Labute approximate surface area is 275 Å². The minimum Gasteiger partial charge on any atom is -0.477 e. The Morgan fingerprint density at radius 2 is 1.29 bits per heavy atom. The van der Waals surface area contributed by atoms with E-state index in [1.165, 1.54) is 0 Å². The summed E-state index contributed by atoms with van der Waals surface area (Å²) in [5, 5.41) is 0.607. The predicted molar refractivity (Wildman–Crippen MR) is 179 cm³/mol. The molecule has 2 aromatic carbocycles. The summed E-state index contributed by atoms with van der Waals surface area (Å²) in [6.45, 7) is 13.2. The van der Waals surface area contributed by atoms with Crippen molar-refractivity contribution in [3.8, 4) is 0 Å². The number of hydrogen-bond acceptors (Lipinski definition) is 5. The molecule has 0 amide bonds. The molecule has 244 valence electrons. The van der Waals surface area contributed by atoms with Crippen molar-refractivity contribution >= 4 is 29.3 Å². The van der Waals surface area contributed by atoms with Gasteiger partial charge in [0.2, 0.25) is 6.10 Å². The molecule has 0 radical (unpaired) electrons. The zero-order chi connectivity index (χ0) is 32.2. The van der Waals surface area contributed by atoms with E-state index in [0.29, 0.717) is 34.5 Å². The zero-order valence-corrected chi connectivity index (χ0v) is 28.5. The van der Waals surface area contributed by atoms with E-state index in [0.717, 1.165) is 49.7 Å². The van der Waals surface area contributed by atoms with E-state index < -0.39 is 29.9 Å². The summed E-state index contributed by atoms with van der Waals surface area (Å²) in [6, 6.07) is 17.3. The maximum absolute atomic E-state index is 14.5. The quantitative estimate of drug-likeness (QED) is 0.271. The van der Waals surface area contributed by atoms with Gasteiger partial charge in [0.25, 0.3) is 0 Å². The number of carbonyl (C=O) groups is 2. The highest BCUT2D eigenvalue weighted by Gasteiger charge is 2.49. The lowest BCUT2D eigenvalue weighted by Gasteiger charge is -2.41. The van der Waals surface area contributed by atoms with Gasteiger partial charge in [0.15, 0.2) is 0 Å². The van der Waals surface area contributed by atoms with Crippen molar-refractivity contribution in [2.75, 3.05) is 0 Å². The highest BCUT2D eigenvalue weighted by atomic mass is 35.5. The summed E-state index contributed by atoms with van der Waals surface area (Å²) in [4.78, 5) is 28.9. The van der Waals surface area contributed by atoms with E-state index in [2.05, 4.69) is 41.5 Å². The SMILES string of the molecule is CC(C)[C@@H]1CC[C@@H](C)C[C@H]1OC(=O)[C@H]1[C@@H](C(=O)O[C@@H]2C[C@H](C)CC[C@H]2C(C)C)OC(c2ccccc2)=C[C@H]1c1ccc(Cl)cc1. The first-order valence-corrected chi connectivity index (χ1v) is 17.5. The molecular formula is C39H51ClO5. The smallest absolute Gasteiger partial charge is 0.348 e. The molecule has 5 nitrogen and oxygen atoms in total. The molecule has 2 fully saturated rings. The van der Waals surface area contributed by atoms with Crippen molar-refractivity contribution in [1.82, 2.24) is 0 Å². The van der Waals surface area contributed by atoms with Crippen LogP contribution in [0.15, 0.2) is 60.7 Å². The lowest BCUT2D eigenvalue weighted by Crippen LogP contribution is -2.48. The molecule has 2 saturated carbocycles. The van der Waals surface area contributed by atoms with Gasteiger partial charge in [-0.3, -0.25) is 4.79 Å². The average molecular weight is 635 g/mol.